The van der Waals surface area contributed by atoms with Gasteiger partial charge < -0.3 is 24.6 Å². The van der Waals surface area contributed by atoms with Crippen LogP contribution in [0.3, 0.4) is 0 Å². The number of urea groups is 1. The molecule has 122 valence electrons. The van der Waals surface area contributed by atoms with Gasteiger partial charge in [0.25, 0.3) is 0 Å². The molecule has 1 heterocycles. The summed E-state index contributed by atoms with van der Waals surface area (Å²) in [5.74, 6) is 1.17. The number of methoxy groups -OCH3 is 2. The first-order valence-electron chi connectivity index (χ1n) is 7.50. The lowest BCUT2D eigenvalue weighted by Crippen LogP contribution is -2.46. The molecule has 1 N–H and O–H groups in total. The number of carbonyl (C=O) groups excluding carboxylic acids is 1. The number of nitrogens with one attached hydrogen (secondary N) is 1. The zero-order valence-electron chi connectivity index (χ0n) is 13.8. The molecule has 0 aliphatic carbocycles. The summed E-state index contributed by atoms with van der Waals surface area (Å²) in [7, 11) is 7.10. The van der Waals surface area contributed by atoms with Gasteiger partial charge in [0, 0.05) is 13.1 Å². The van der Waals surface area contributed by atoms with Crippen molar-refractivity contribution in [1.82, 2.24) is 9.80 Å². The fraction of sp³-hybridized carbons (Fsp3) is 0.562. The van der Waals surface area contributed by atoms with Gasteiger partial charge in [-0.2, -0.15) is 0 Å². The van der Waals surface area contributed by atoms with E-state index in [1.165, 1.54) is 0 Å². The minimum absolute atomic E-state index is 0.141. The Labute approximate surface area is 132 Å². The highest BCUT2D eigenvalue weighted by molar-refractivity contribution is 5.93. The molecule has 1 fully saturated rings. The third-order valence-corrected chi connectivity index (χ3v) is 4.22. The Morgan fingerprint density at radius 3 is 2.27 bits per heavy atom. The molecule has 1 aliphatic rings. The van der Waals surface area contributed by atoms with E-state index in [9.17, 15) is 4.79 Å². The molecule has 1 saturated heterocycles. The fourth-order valence-corrected chi connectivity index (χ4v) is 2.72. The summed E-state index contributed by atoms with van der Waals surface area (Å²) < 4.78 is 10.6. The van der Waals surface area contributed by atoms with E-state index in [2.05, 4.69) is 17.3 Å². The van der Waals surface area contributed by atoms with E-state index < -0.39 is 0 Å². The van der Waals surface area contributed by atoms with Crippen LogP contribution < -0.4 is 14.8 Å². The number of hydrogen-bond donors (Lipinski definition) is 1. The Bertz CT molecular complexity index is 491. The molecule has 6 nitrogen and oxygen atoms in total. The van der Waals surface area contributed by atoms with Crippen molar-refractivity contribution in [2.45, 2.75) is 18.9 Å². The van der Waals surface area contributed by atoms with Crippen LogP contribution in [0.2, 0.25) is 0 Å². The summed E-state index contributed by atoms with van der Waals surface area (Å²) >= 11 is 0. The molecule has 0 bridgehead atoms. The Kier molecular flexibility index (Phi) is 5.49. The number of likely N-dealkylation sites (tertiary alicyclic amines) is 1. The second-order valence-corrected chi connectivity index (χ2v) is 5.61. The lowest BCUT2D eigenvalue weighted by Gasteiger charge is -2.35. The maximum Gasteiger partial charge on any atom is 0.322 e. The zero-order valence-corrected chi connectivity index (χ0v) is 13.8. The van der Waals surface area contributed by atoms with Gasteiger partial charge >= 0.3 is 6.03 Å². The number of ether oxygens (including phenoxy) is 2. The number of para-hydroxylation sites is 1. The molecular formula is C16H25N3O3. The Balaban J connectivity index is 2.08. The summed E-state index contributed by atoms with van der Waals surface area (Å²) in [6.45, 7) is 2.03. The van der Waals surface area contributed by atoms with Gasteiger partial charge in [-0.05, 0) is 45.1 Å². The van der Waals surface area contributed by atoms with Crippen LogP contribution in [0.25, 0.3) is 0 Å². The Hall–Kier alpha value is -1.95. The number of benzene rings is 1. The first kappa shape index (κ1) is 16.4. The molecule has 0 saturated carbocycles. The monoisotopic (exact) mass is 307 g/mol. The number of carbonyl (C=O) groups is 1. The number of amides is 2. The van der Waals surface area contributed by atoms with E-state index in [1.54, 1.807) is 31.3 Å². The van der Waals surface area contributed by atoms with Crippen molar-refractivity contribution in [3.8, 4) is 11.5 Å². The summed E-state index contributed by atoms with van der Waals surface area (Å²) in [6.07, 6.45) is 1.98. The molecule has 0 unspecified atom stereocenters. The molecule has 0 atom stereocenters. The predicted molar refractivity (Wildman–Crippen MR) is 86.8 cm³/mol. The Morgan fingerprint density at radius 1 is 1.23 bits per heavy atom. The molecule has 0 spiro atoms. The average molecular weight is 307 g/mol. The van der Waals surface area contributed by atoms with Crippen molar-refractivity contribution in [1.29, 1.82) is 0 Å². The van der Waals surface area contributed by atoms with Gasteiger partial charge in [0.1, 0.15) is 17.2 Å². The number of piperidine rings is 1. The average Bonchev–Trinajstić information content (AvgIpc) is 2.55. The molecule has 1 aromatic rings. The van der Waals surface area contributed by atoms with Crippen molar-refractivity contribution in [2.75, 3.05) is 46.7 Å². The van der Waals surface area contributed by atoms with Gasteiger partial charge in [0.05, 0.1) is 14.2 Å². The molecular weight excluding hydrogens is 282 g/mol. The van der Waals surface area contributed by atoms with E-state index in [4.69, 9.17) is 9.47 Å². The molecule has 0 aromatic heterocycles. The van der Waals surface area contributed by atoms with Crippen LogP contribution in [0.4, 0.5) is 10.5 Å². The van der Waals surface area contributed by atoms with Crippen LogP contribution in [0.15, 0.2) is 18.2 Å². The quantitative estimate of drug-likeness (QED) is 0.927. The van der Waals surface area contributed by atoms with Gasteiger partial charge in [0.15, 0.2) is 0 Å². The SMILES string of the molecule is COc1cccc(OC)c1NC(=O)N(C)C1CCN(C)CC1. The molecule has 0 radical (unpaired) electrons. The standard InChI is InChI=1S/C16H25N3O3/c1-18-10-8-12(9-11-18)19(2)16(20)17-15-13(21-3)6-5-7-14(15)22-4/h5-7,12H,8-11H2,1-4H3,(H,17,20). The minimum Gasteiger partial charge on any atom is -0.494 e. The largest absolute Gasteiger partial charge is 0.494 e. The summed E-state index contributed by atoms with van der Waals surface area (Å²) in [5, 5.41) is 2.91. The molecule has 6 heteroatoms. The first-order chi connectivity index (χ1) is 10.6. The van der Waals surface area contributed by atoms with Crippen molar-refractivity contribution in [3.05, 3.63) is 18.2 Å². The summed E-state index contributed by atoms with van der Waals surface area (Å²) in [4.78, 5) is 16.6. The van der Waals surface area contributed by atoms with Crippen molar-refractivity contribution in [3.63, 3.8) is 0 Å². The first-order valence-corrected chi connectivity index (χ1v) is 7.50. The number of nitrogens with zero attached hydrogens (tertiary/aromatic N) is 2. The van der Waals surface area contributed by atoms with E-state index in [0.717, 1.165) is 25.9 Å². The van der Waals surface area contributed by atoms with Crippen LogP contribution >= 0.6 is 0 Å². The maximum atomic E-state index is 12.5. The normalized spacial score (nSPS) is 16.2. The summed E-state index contributed by atoms with van der Waals surface area (Å²) in [5.41, 5.74) is 0.567. The second-order valence-electron chi connectivity index (χ2n) is 5.61. The van der Waals surface area contributed by atoms with E-state index in [0.29, 0.717) is 17.2 Å². The lowest BCUT2D eigenvalue weighted by atomic mass is 10.0. The highest BCUT2D eigenvalue weighted by Gasteiger charge is 2.25. The van der Waals surface area contributed by atoms with Gasteiger partial charge in [0.2, 0.25) is 0 Å². The van der Waals surface area contributed by atoms with Crippen molar-refractivity contribution < 1.29 is 14.3 Å². The van der Waals surface area contributed by atoms with Crippen LogP contribution in [-0.2, 0) is 0 Å². The topological polar surface area (TPSA) is 54.0 Å². The molecule has 1 aromatic carbocycles. The van der Waals surface area contributed by atoms with Gasteiger partial charge in [-0.3, -0.25) is 0 Å². The minimum atomic E-state index is -0.141. The number of anilines is 1. The molecule has 1 aliphatic heterocycles. The lowest BCUT2D eigenvalue weighted by molar-refractivity contribution is 0.156. The van der Waals surface area contributed by atoms with Crippen LogP contribution in [0.1, 0.15) is 12.8 Å². The zero-order chi connectivity index (χ0) is 16.1. The van der Waals surface area contributed by atoms with E-state index in [1.807, 2.05) is 13.1 Å². The van der Waals surface area contributed by atoms with Crippen LogP contribution in [-0.4, -0.2) is 63.3 Å². The summed E-state index contributed by atoms with van der Waals surface area (Å²) in [6, 6.07) is 5.55. The predicted octanol–water partition coefficient (Wildman–Crippen LogP) is 2.26. The van der Waals surface area contributed by atoms with Crippen LogP contribution in [0, 0.1) is 0 Å². The van der Waals surface area contributed by atoms with Gasteiger partial charge in [-0.25, -0.2) is 4.79 Å². The smallest absolute Gasteiger partial charge is 0.322 e. The highest BCUT2D eigenvalue weighted by Crippen LogP contribution is 2.34. The highest BCUT2D eigenvalue weighted by atomic mass is 16.5. The van der Waals surface area contributed by atoms with E-state index in [-0.39, 0.29) is 12.1 Å². The second kappa shape index (κ2) is 7.35. The Morgan fingerprint density at radius 2 is 1.77 bits per heavy atom. The molecule has 2 rings (SSSR count). The molecule has 2 amide bonds. The number of rotatable bonds is 4. The van der Waals surface area contributed by atoms with E-state index >= 15 is 0 Å². The van der Waals surface area contributed by atoms with Crippen molar-refractivity contribution in [2.24, 2.45) is 0 Å². The van der Waals surface area contributed by atoms with Crippen molar-refractivity contribution >= 4 is 11.7 Å². The third kappa shape index (κ3) is 3.62. The maximum absolute atomic E-state index is 12.5. The van der Waals surface area contributed by atoms with Gasteiger partial charge in [-0.15, -0.1) is 0 Å². The van der Waals surface area contributed by atoms with Gasteiger partial charge in [-0.1, -0.05) is 6.07 Å². The molecule has 22 heavy (non-hydrogen) atoms. The number of hydrogen-bond acceptors (Lipinski definition) is 4. The fourth-order valence-electron chi connectivity index (χ4n) is 2.72. The van der Waals surface area contributed by atoms with Crippen LogP contribution in [0.5, 0.6) is 11.5 Å². The third-order valence-electron chi connectivity index (χ3n) is 4.22.